The standard InChI is InChI=1S/C13H25N/c1-4-5-9-13(12(2)3)10-7-6-8-11-14-13/h4,12,14H,1,5-11H2,2-3H3. The molecule has 0 aromatic carbocycles. The van der Waals surface area contributed by atoms with Crippen molar-refractivity contribution in [3.05, 3.63) is 12.7 Å². The van der Waals surface area contributed by atoms with Crippen LogP contribution in [0.15, 0.2) is 12.7 Å². The lowest BCUT2D eigenvalue weighted by Gasteiger charge is -2.38. The van der Waals surface area contributed by atoms with Gasteiger partial charge in [0.15, 0.2) is 0 Å². The molecule has 1 fully saturated rings. The van der Waals surface area contributed by atoms with Gasteiger partial charge in [0.25, 0.3) is 0 Å². The smallest absolute Gasteiger partial charge is 0.0207 e. The lowest BCUT2D eigenvalue weighted by atomic mass is 9.79. The number of allylic oxidation sites excluding steroid dienone is 1. The number of hydrogen-bond donors (Lipinski definition) is 1. The average Bonchev–Trinajstić information content (AvgIpc) is 2.41. The molecule has 1 atom stereocenters. The van der Waals surface area contributed by atoms with Crippen molar-refractivity contribution < 1.29 is 0 Å². The van der Waals surface area contributed by atoms with Gasteiger partial charge in [0.05, 0.1) is 0 Å². The summed E-state index contributed by atoms with van der Waals surface area (Å²) in [5.74, 6) is 0.737. The Bertz CT molecular complexity index is 164. The van der Waals surface area contributed by atoms with Crippen molar-refractivity contribution in [2.45, 2.75) is 57.9 Å². The molecule has 0 aromatic heterocycles. The molecule has 1 heterocycles. The maximum absolute atomic E-state index is 3.83. The predicted octanol–water partition coefficient (Wildman–Crippen LogP) is 3.51. The summed E-state index contributed by atoms with van der Waals surface area (Å²) in [7, 11) is 0. The van der Waals surface area contributed by atoms with Gasteiger partial charge in [-0.05, 0) is 38.1 Å². The summed E-state index contributed by atoms with van der Waals surface area (Å²) in [5, 5.41) is 3.78. The Morgan fingerprint density at radius 3 is 2.79 bits per heavy atom. The molecule has 1 aliphatic rings. The minimum absolute atomic E-state index is 0.394. The molecule has 1 rings (SSSR count). The molecular weight excluding hydrogens is 170 g/mol. The van der Waals surface area contributed by atoms with Gasteiger partial charge in [0.1, 0.15) is 0 Å². The summed E-state index contributed by atoms with van der Waals surface area (Å²) in [5.41, 5.74) is 0.394. The maximum atomic E-state index is 3.83. The molecule has 82 valence electrons. The van der Waals surface area contributed by atoms with Crippen LogP contribution in [0, 0.1) is 5.92 Å². The molecule has 0 radical (unpaired) electrons. The van der Waals surface area contributed by atoms with E-state index in [0.717, 1.165) is 12.3 Å². The van der Waals surface area contributed by atoms with E-state index >= 15 is 0 Å². The third-order valence-corrected chi connectivity index (χ3v) is 3.68. The van der Waals surface area contributed by atoms with Gasteiger partial charge in [0.2, 0.25) is 0 Å². The number of rotatable bonds is 4. The molecule has 1 saturated heterocycles. The lowest BCUT2D eigenvalue weighted by Crippen LogP contribution is -2.49. The predicted molar refractivity (Wildman–Crippen MR) is 63.5 cm³/mol. The van der Waals surface area contributed by atoms with E-state index in [-0.39, 0.29) is 0 Å². The molecule has 0 aromatic rings. The molecule has 0 saturated carbocycles. The van der Waals surface area contributed by atoms with E-state index in [1.807, 2.05) is 0 Å². The summed E-state index contributed by atoms with van der Waals surface area (Å²) < 4.78 is 0. The Kier molecular flexibility index (Phi) is 4.67. The van der Waals surface area contributed by atoms with Crippen LogP contribution in [-0.4, -0.2) is 12.1 Å². The van der Waals surface area contributed by atoms with Gasteiger partial charge in [-0.25, -0.2) is 0 Å². The zero-order chi connectivity index (χ0) is 10.4. The second kappa shape index (κ2) is 5.55. The summed E-state index contributed by atoms with van der Waals surface area (Å²) in [6.45, 7) is 9.73. The molecule has 1 aliphatic heterocycles. The first-order chi connectivity index (χ1) is 6.71. The van der Waals surface area contributed by atoms with E-state index in [0.29, 0.717) is 5.54 Å². The van der Waals surface area contributed by atoms with Crippen molar-refractivity contribution >= 4 is 0 Å². The fraction of sp³-hybridized carbons (Fsp3) is 0.846. The summed E-state index contributed by atoms with van der Waals surface area (Å²) in [6, 6.07) is 0. The third-order valence-electron chi connectivity index (χ3n) is 3.68. The van der Waals surface area contributed by atoms with Gasteiger partial charge < -0.3 is 5.32 Å². The fourth-order valence-electron chi connectivity index (χ4n) is 2.52. The van der Waals surface area contributed by atoms with Crippen molar-refractivity contribution in [1.29, 1.82) is 0 Å². The van der Waals surface area contributed by atoms with Gasteiger partial charge >= 0.3 is 0 Å². The summed E-state index contributed by atoms with van der Waals surface area (Å²) in [6.07, 6.45) is 9.94. The molecule has 0 bridgehead atoms. The zero-order valence-corrected chi connectivity index (χ0v) is 9.81. The topological polar surface area (TPSA) is 12.0 Å². The van der Waals surface area contributed by atoms with Crippen LogP contribution in [0.4, 0.5) is 0 Å². The average molecular weight is 195 g/mol. The van der Waals surface area contributed by atoms with E-state index in [1.165, 1.54) is 38.6 Å². The third kappa shape index (κ3) is 2.84. The van der Waals surface area contributed by atoms with Crippen molar-refractivity contribution in [3.8, 4) is 0 Å². The first kappa shape index (κ1) is 11.8. The van der Waals surface area contributed by atoms with Crippen LogP contribution >= 0.6 is 0 Å². The zero-order valence-electron chi connectivity index (χ0n) is 9.81. The molecule has 0 amide bonds. The van der Waals surface area contributed by atoms with Crippen molar-refractivity contribution in [2.24, 2.45) is 5.92 Å². The van der Waals surface area contributed by atoms with E-state index in [4.69, 9.17) is 0 Å². The van der Waals surface area contributed by atoms with Gasteiger partial charge in [0, 0.05) is 5.54 Å². The van der Waals surface area contributed by atoms with Gasteiger partial charge in [-0.15, -0.1) is 6.58 Å². The Hall–Kier alpha value is -0.300. The molecule has 1 nitrogen and oxygen atoms in total. The summed E-state index contributed by atoms with van der Waals surface area (Å²) >= 11 is 0. The lowest BCUT2D eigenvalue weighted by molar-refractivity contribution is 0.212. The molecule has 1 N–H and O–H groups in total. The molecule has 0 spiro atoms. The van der Waals surface area contributed by atoms with Crippen LogP contribution in [0.2, 0.25) is 0 Å². The first-order valence-corrected chi connectivity index (χ1v) is 6.07. The molecule has 14 heavy (non-hydrogen) atoms. The monoisotopic (exact) mass is 195 g/mol. The normalized spacial score (nSPS) is 28.8. The Labute approximate surface area is 89.0 Å². The Balaban J connectivity index is 2.61. The van der Waals surface area contributed by atoms with E-state index in [2.05, 4.69) is 31.8 Å². The highest BCUT2D eigenvalue weighted by atomic mass is 15.0. The highest BCUT2D eigenvalue weighted by Crippen LogP contribution is 2.31. The number of nitrogens with one attached hydrogen (secondary N) is 1. The SMILES string of the molecule is C=CCCC1(C(C)C)CCCCCN1. The Morgan fingerprint density at radius 2 is 2.14 bits per heavy atom. The van der Waals surface area contributed by atoms with Crippen LogP contribution in [0.1, 0.15) is 52.4 Å². The number of hydrogen-bond acceptors (Lipinski definition) is 1. The minimum Gasteiger partial charge on any atom is -0.311 e. The van der Waals surface area contributed by atoms with Gasteiger partial charge in [-0.3, -0.25) is 0 Å². The van der Waals surface area contributed by atoms with Crippen LogP contribution in [0.3, 0.4) is 0 Å². The minimum atomic E-state index is 0.394. The fourth-order valence-corrected chi connectivity index (χ4v) is 2.52. The Morgan fingerprint density at radius 1 is 1.36 bits per heavy atom. The van der Waals surface area contributed by atoms with Gasteiger partial charge in [-0.2, -0.15) is 0 Å². The highest BCUT2D eigenvalue weighted by Gasteiger charge is 2.32. The van der Waals surface area contributed by atoms with Crippen molar-refractivity contribution in [3.63, 3.8) is 0 Å². The van der Waals surface area contributed by atoms with Crippen molar-refractivity contribution in [2.75, 3.05) is 6.54 Å². The van der Waals surface area contributed by atoms with Gasteiger partial charge in [-0.1, -0.05) is 32.8 Å². The maximum Gasteiger partial charge on any atom is 0.0207 e. The van der Waals surface area contributed by atoms with Crippen LogP contribution < -0.4 is 5.32 Å². The largest absolute Gasteiger partial charge is 0.311 e. The van der Waals surface area contributed by atoms with Crippen LogP contribution in [0.25, 0.3) is 0 Å². The van der Waals surface area contributed by atoms with Crippen molar-refractivity contribution in [1.82, 2.24) is 5.32 Å². The highest BCUT2D eigenvalue weighted by molar-refractivity contribution is 4.93. The quantitative estimate of drug-likeness (QED) is 0.677. The molecule has 1 unspecified atom stereocenters. The van der Waals surface area contributed by atoms with E-state index < -0.39 is 0 Å². The van der Waals surface area contributed by atoms with E-state index in [1.54, 1.807) is 0 Å². The second-order valence-electron chi connectivity index (χ2n) is 4.88. The first-order valence-electron chi connectivity index (χ1n) is 6.07. The van der Waals surface area contributed by atoms with Crippen LogP contribution in [0.5, 0.6) is 0 Å². The summed E-state index contributed by atoms with van der Waals surface area (Å²) in [4.78, 5) is 0. The van der Waals surface area contributed by atoms with Crippen LogP contribution in [-0.2, 0) is 0 Å². The molecule has 1 heteroatoms. The molecule has 0 aliphatic carbocycles. The molecular formula is C13H25N. The van der Waals surface area contributed by atoms with E-state index in [9.17, 15) is 0 Å². The second-order valence-corrected chi connectivity index (χ2v) is 4.88.